The lowest BCUT2D eigenvalue weighted by Gasteiger charge is -2.28. The number of rotatable bonds is 2. The molecular weight excluding hydrogens is 222 g/mol. The van der Waals surface area contributed by atoms with Crippen LogP contribution in [0.5, 0.6) is 0 Å². The first-order valence-corrected chi connectivity index (χ1v) is 5.52. The second kappa shape index (κ2) is 4.57. The molecule has 2 rings (SSSR count). The number of nitrogens with zero attached hydrogens (tertiary/aromatic N) is 2. The highest BCUT2D eigenvalue weighted by Crippen LogP contribution is 2.15. The van der Waals surface area contributed by atoms with Crippen LogP contribution >= 0.6 is 12.6 Å². The van der Waals surface area contributed by atoms with Gasteiger partial charge in [-0.05, 0) is 24.6 Å². The Bertz CT molecular complexity index is 418. The molecule has 5 heteroatoms. The molecule has 2 amide bonds. The van der Waals surface area contributed by atoms with Gasteiger partial charge in [0.15, 0.2) is 0 Å². The number of thiol groups is 1. The van der Waals surface area contributed by atoms with E-state index in [9.17, 15) is 4.79 Å². The van der Waals surface area contributed by atoms with Gasteiger partial charge >= 0.3 is 6.03 Å². The van der Waals surface area contributed by atoms with Gasteiger partial charge < -0.3 is 5.32 Å². The first-order chi connectivity index (χ1) is 7.66. The van der Waals surface area contributed by atoms with Gasteiger partial charge in [-0.1, -0.05) is 6.07 Å². The molecule has 0 fully saturated rings. The predicted octanol–water partition coefficient (Wildman–Crippen LogP) is 1.77. The summed E-state index contributed by atoms with van der Waals surface area (Å²) in [6.45, 7) is 2.41. The quantitative estimate of drug-likeness (QED) is 0.767. The molecule has 1 aliphatic rings. The second-order valence-corrected chi connectivity index (χ2v) is 4.19. The largest absolute Gasteiger partial charge is 0.322 e. The van der Waals surface area contributed by atoms with Crippen molar-refractivity contribution in [2.24, 2.45) is 0 Å². The second-order valence-electron chi connectivity index (χ2n) is 3.67. The predicted molar refractivity (Wildman–Crippen MR) is 64.8 cm³/mol. The lowest BCUT2D eigenvalue weighted by atomic mass is 10.2. The number of nitrogens with one attached hydrogen (secondary N) is 1. The summed E-state index contributed by atoms with van der Waals surface area (Å²) in [6, 6.07) is 5.51. The summed E-state index contributed by atoms with van der Waals surface area (Å²) in [6.07, 6.45) is 3.53. The zero-order chi connectivity index (χ0) is 11.5. The number of hydrogen-bond acceptors (Lipinski definition) is 3. The van der Waals surface area contributed by atoms with Crippen LogP contribution in [0.15, 0.2) is 36.2 Å². The highest BCUT2D eigenvalue weighted by Gasteiger charge is 2.21. The Morgan fingerprint density at radius 2 is 2.38 bits per heavy atom. The topological polar surface area (TPSA) is 45.2 Å². The van der Waals surface area contributed by atoms with Crippen LogP contribution in [-0.4, -0.2) is 21.3 Å². The molecule has 2 heterocycles. The van der Waals surface area contributed by atoms with Crippen LogP contribution in [0.4, 0.5) is 4.79 Å². The van der Waals surface area contributed by atoms with Crippen molar-refractivity contribution in [3.05, 3.63) is 41.9 Å². The van der Waals surface area contributed by atoms with Gasteiger partial charge in [-0.3, -0.25) is 9.88 Å². The summed E-state index contributed by atoms with van der Waals surface area (Å²) in [5.41, 5.74) is 1.87. The summed E-state index contributed by atoms with van der Waals surface area (Å²) in [5, 5.41) is 2.57. The number of urea groups is 1. The van der Waals surface area contributed by atoms with Gasteiger partial charge in [-0.2, -0.15) is 12.6 Å². The Morgan fingerprint density at radius 3 is 3.06 bits per heavy atom. The number of pyridine rings is 1. The van der Waals surface area contributed by atoms with E-state index < -0.39 is 0 Å². The fourth-order valence-corrected chi connectivity index (χ4v) is 1.65. The summed E-state index contributed by atoms with van der Waals surface area (Å²) in [4.78, 5) is 17.4. The molecule has 84 valence electrons. The van der Waals surface area contributed by atoms with Gasteiger partial charge in [0.1, 0.15) is 0 Å². The maximum Gasteiger partial charge on any atom is 0.322 e. The van der Waals surface area contributed by atoms with Gasteiger partial charge in [0.05, 0.1) is 17.6 Å². The molecular formula is C11H13N3OS. The van der Waals surface area contributed by atoms with Crippen LogP contribution in [0.3, 0.4) is 0 Å². The molecule has 4 nitrogen and oxygen atoms in total. The van der Waals surface area contributed by atoms with Crippen molar-refractivity contribution < 1.29 is 4.79 Å². The standard InChI is InChI=1S/C11H13N3OS/c1-8-6-14(11(15)13-10(8)16)7-9-4-2-3-5-12-9/h2-6,10,16H,7H2,1H3,(H,13,15). The van der Waals surface area contributed by atoms with Crippen LogP contribution in [0, 0.1) is 0 Å². The van der Waals surface area contributed by atoms with Crippen molar-refractivity contribution in [3.8, 4) is 0 Å². The fourth-order valence-electron chi connectivity index (χ4n) is 1.47. The molecule has 0 saturated carbocycles. The van der Waals surface area contributed by atoms with Crippen molar-refractivity contribution in [3.63, 3.8) is 0 Å². The third-order valence-electron chi connectivity index (χ3n) is 2.37. The van der Waals surface area contributed by atoms with E-state index in [1.54, 1.807) is 11.1 Å². The molecule has 0 aliphatic carbocycles. The minimum absolute atomic E-state index is 0.142. The number of aromatic nitrogens is 1. The maximum absolute atomic E-state index is 11.6. The van der Waals surface area contributed by atoms with E-state index in [-0.39, 0.29) is 11.4 Å². The van der Waals surface area contributed by atoms with Gasteiger partial charge in [0.25, 0.3) is 0 Å². The van der Waals surface area contributed by atoms with E-state index in [4.69, 9.17) is 0 Å². The van der Waals surface area contributed by atoms with Gasteiger partial charge in [0, 0.05) is 12.4 Å². The van der Waals surface area contributed by atoms with E-state index >= 15 is 0 Å². The average Bonchev–Trinajstić information content (AvgIpc) is 2.27. The molecule has 0 aromatic carbocycles. The maximum atomic E-state index is 11.6. The molecule has 0 spiro atoms. The van der Waals surface area contributed by atoms with Crippen molar-refractivity contribution in [2.75, 3.05) is 0 Å². The number of amides is 2. The Labute approximate surface area is 99.8 Å². The van der Waals surface area contributed by atoms with Gasteiger partial charge in [0.2, 0.25) is 0 Å². The number of hydrogen-bond donors (Lipinski definition) is 2. The van der Waals surface area contributed by atoms with Crippen molar-refractivity contribution in [1.82, 2.24) is 15.2 Å². The SMILES string of the molecule is CC1=CN(Cc2ccccn2)C(=O)NC1S. The Kier molecular flexibility index (Phi) is 3.14. The third-order valence-corrected chi connectivity index (χ3v) is 2.91. The van der Waals surface area contributed by atoms with Crippen molar-refractivity contribution in [2.45, 2.75) is 18.8 Å². The third kappa shape index (κ3) is 2.36. The minimum Gasteiger partial charge on any atom is -0.322 e. The van der Waals surface area contributed by atoms with Crippen LogP contribution < -0.4 is 5.32 Å². The monoisotopic (exact) mass is 235 g/mol. The minimum atomic E-state index is -0.188. The highest BCUT2D eigenvalue weighted by molar-refractivity contribution is 7.81. The van der Waals surface area contributed by atoms with Crippen LogP contribution in [0.25, 0.3) is 0 Å². The molecule has 1 aromatic heterocycles. The smallest absolute Gasteiger partial charge is 0.322 e. The van der Waals surface area contributed by atoms with E-state index in [0.717, 1.165) is 11.3 Å². The van der Waals surface area contributed by atoms with E-state index in [0.29, 0.717) is 6.54 Å². The summed E-state index contributed by atoms with van der Waals surface area (Å²) in [5.74, 6) is 0. The number of carbonyl (C=O) groups is 1. The van der Waals surface area contributed by atoms with Crippen LogP contribution in [0.1, 0.15) is 12.6 Å². The van der Waals surface area contributed by atoms with Crippen LogP contribution in [-0.2, 0) is 6.54 Å². The molecule has 0 bridgehead atoms. The summed E-state index contributed by atoms with van der Waals surface area (Å²) >= 11 is 4.24. The zero-order valence-electron chi connectivity index (χ0n) is 8.92. The first kappa shape index (κ1) is 11.0. The summed E-state index contributed by atoms with van der Waals surface area (Å²) in [7, 11) is 0. The summed E-state index contributed by atoms with van der Waals surface area (Å²) < 4.78 is 0. The molecule has 0 radical (unpaired) electrons. The fraction of sp³-hybridized carbons (Fsp3) is 0.273. The highest BCUT2D eigenvalue weighted by atomic mass is 32.1. The molecule has 1 aromatic rings. The number of carbonyl (C=O) groups excluding carboxylic acids is 1. The van der Waals surface area contributed by atoms with E-state index in [2.05, 4.69) is 22.9 Å². The Hall–Kier alpha value is -1.49. The van der Waals surface area contributed by atoms with Crippen LogP contribution in [0.2, 0.25) is 0 Å². The Morgan fingerprint density at radius 1 is 1.56 bits per heavy atom. The molecule has 0 saturated heterocycles. The lowest BCUT2D eigenvalue weighted by molar-refractivity contribution is 0.209. The molecule has 1 atom stereocenters. The molecule has 16 heavy (non-hydrogen) atoms. The van der Waals surface area contributed by atoms with E-state index in [1.165, 1.54) is 0 Å². The normalized spacial score (nSPS) is 20.4. The van der Waals surface area contributed by atoms with Crippen molar-refractivity contribution >= 4 is 18.7 Å². The first-order valence-electron chi connectivity index (χ1n) is 5.00. The molecule has 1 N–H and O–H groups in total. The zero-order valence-corrected chi connectivity index (χ0v) is 9.82. The van der Waals surface area contributed by atoms with Gasteiger partial charge in [-0.15, -0.1) is 0 Å². The van der Waals surface area contributed by atoms with E-state index in [1.807, 2.05) is 31.3 Å². The lowest BCUT2D eigenvalue weighted by Crippen LogP contribution is -2.45. The molecule has 1 aliphatic heterocycles. The van der Waals surface area contributed by atoms with Crippen molar-refractivity contribution in [1.29, 1.82) is 0 Å². The Balaban J connectivity index is 2.13. The van der Waals surface area contributed by atoms with Gasteiger partial charge in [-0.25, -0.2) is 4.79 Å². The molecule has 1 unspecified atom stereocenters. The average molecular weight is 235 g/mol.